The van der Waals surface area contributed by atoms with E-state index >= 15 is 0 Å². The molecule has 1 atom stereocenters. The monoisotopic (exact) mass is 402 g/mol. The maximum atomic E-state index is 11.3. The van der Waals surface area contributed by atoms with Gasteiger partial charge in [0, 0.05) is 12.0 Å². The molecule has 29 heavy (non-hydrogen) atoms. The van der Waals surface area contributed by atoms with Gasteiger partial charge in [-0.15, -0.1) is 0 Å². The topological polar surface area (TPSA) is 52.6 Å². The third-order valence-corrected chi connectivity index (χ3v) is 3.96. The summed E-state index contributed by atoms with van der Waals surface area (Å²) < 4.78 is 10.1. The van der Waals surface area contributed by atoms with Gasteiger partial charge < -0.3 is 9.47 Å². The molecule has 4 nitrogen and oxygen atoms in total. The molecule has 1 aromatic rings. The number of carbonyl (C=O) groups is 2. The summed E-state index contributed by atoms with van der Waals surface area (Å²) in [5.41, 5.74) is 1.20. The van der Waals surface area contributed by atoms with E-state index in [0.717, 1.165) is 25.7 Å². The van der Waals surface area contributed by atoms with Crippen molar-refractivity contribution in [2.45, 2.75) is 66.2 Å². The van der Waals surface area contributed by atoms with E-state index in [4.69, 9.17) is 9.47 Å². The van der Waals surface area contributed by atoms with Gasteiger partial charge in [0.15, 0.2) is 0 Å². The highest BCUT2D eigenvalue weighted by Gasteiger charge is 2.11. The van der Waals surface area contributed by atoms with Crippen LogP contribution in [0.15, 0.2) is 54.6 Å². The fourth-order valence-electron chi connectivity index (χ4n) is 2.16. The first-order chi connectivity index (χ1) is 13.9. The molecular weight excluding hydrogens is 364 g/mol. The minimum Gasteiger partial charge on any atom is -0.465 e. The first-order valence-corrected chi connectivity index (χ1v) is 10.6. The van der Waals surface area contributed by atoms with Gasteiger partial charge in [-0.05, 0) is 24.8 Å². The summed E-state index contributed by atoms with van der Waals surface area (Å²) in [6.07, 6.45) is 11.3. The Hall–Kier alpha value is -2.36. The number of carbonyl (C=O) groups excluding carboxylic acids is 2. The Labute approximate surface area is 177 Å². The van der Waals surface area contributed by atoms with Crippen LogP contribution in [0.4, 0.5) is 0 Å². The van der Waals surface area contributed by atoms with Crippen molar-refractivity contribution in [2.75, 3.05) is 13.2 Å². The van der Waals surface area contributed by atoms with Gasteiger partial charge in [0.25, 0.3) is 0 Å². The van der Waals surface area contributed by atoms with Crippen LogP contribution < -0.4 is 0 Å². The number of benzene rings is 1. The molecule has 4 heteroatoms. The molecule has 0 aromatic heterocycles. The average molecular weight is 403 g/mol. The van der Waals surface area contributed by atoms with Crippen LogP contribution in [0.3, 0.4) is 0 Å². The summed E-state index contributed by atoms with van der Waals surface area (Å²) in [4.78, 5) is 22.3. The van der Waals surface area contributed by atoms with Crippen molar-refractivity contribution in [1.82, 2.24) is 0 Å². The van der Waals surface area contributed by atoms with E-state index in [-0.39, 0.29) is 23.8 Å². The number of hydrogen-bond acceptors (Lipinski definition) is 4. The molecule has 1 aromatic carbocycles. The van der Waals surface area contributed by atoms with Crippen molar-refractivity contribution in [1.29, 1.82) is 0 Å². The van der Waals surface area contributed by atoms with Crippen LogP contribution in [0.2, 0.25) is 0 Å². The number of ether oxygens (including phenoxy) is 2. The lowest BCUT2D eigenvalue weighted by molar-refractivity contribution is -0.147. The van der Waals surface area contributed by atoms with Gasteiger partial charge >= 0.3 is 11.9 Å². The highest BCUT2D eigenvalue weighted by molar-refractivity contribution is 5.81. The van der Waals surface area contributed by atoms with Crippen LogP contribution in [0.1, 0.15) is 71.8 Å². The number of allylic oxidation sites excluding steroid dienone is 2. The van der Waals surface area contributed by atoms with Crippen molar-refractivity contribution in [3.63, 3.8) is 0 Å². The molecule has 0 radical (unpaired) electrons. The quantitative estimate of drug-likeness (QED) is 0.190. The molecule has 0 unspecified atom stereocenters. The highest BCUT2D eigenvalue weighted by Crippen LogP contribution is 2.15. The summed E-state index contributed by atoms with van der Waals surface area (Å²) >= 11 is 0. The third kappa shape index (κ3) is 15.3. The van der Waals surface area contributed by atoms with E-state index < -0.39 is 0 Å². The van der Waals surface area contributed by atoms with Crippen molar-refractivity contribution < 1.29 is 19.1 Å². The Kier molecular flexibility index (Phi) is 16.3. The van der Waals surface area contributed by atoms with E-state index in [1.165, 1.54) is 11.6 Å². The molecule has 0 bridgehead atoms. The Morgan fingerprint density at radius 3 is 2.21 bits per heavy atom. The smallest absolute Gasteiger partial charge is 0.330 e. The van der Waals surface area contributed by atoms with Crippen LogP contribution in [0.25, 0.3) is 0 Å². The second-order valence-corrected chi connectivity index (χ2v) is 7.12. The van der Waals surface area contributed by atoms with Crippen molar-refractivity contribution in [3.05, 3.63) is 60.2 Å². The Balaban J connectivity index is 0.000000543. The third-order valence-electron chi connectivity index (χ3n) is 3.96. The molecule has 0 amide bonds. The second-order valence-electron chi connectivity index (χ2n) is 7.12. The fourth-order valence-corrected chi connectivity index (χ4v) is 2.16. The van der Waals surface area contributed by atoms with Crippen LogP contribution >= 0.6 is 0 Å². The zero-order valence-electron chi connectivity index (χ0n) is 18.7. The van der Waals surface area contributed by atoms with E-state index in [0.29, 0.717) is 13.2 Å². The van der Waals surface area contributed by atoms with Crippen LogP contribution in [-0.4, -0.2) is 25.2 Å². The molecule has 0 aliphatic rings. The summed E-state index contributed by atoms with van der Waals surface area (Å²) in [6.45, 7) is 10.8. The van der Waals surface area contributed by atoms with Gasteiger partial charge in [0.05, 0.1) is 19.1 Å². The average Bonchev–Trinajstić information content (AvgIpc) is 2.72. The van der Waals surface area contributed by atoms with Crippen molar-refractivity contribution in [2.24, 2.45) is 5.92 Å². The van der Waals surface area contributed by atoms with Crippen LogP contribution in [0.5, 0.6) is 0 Å². The lowest BCUT2D eigenvalue weighted by Gasteiger charge is -2.13. The van der Waals surface area contributed by atoms with Gasteiger partial charge in [-0.3, -0.25) is 4.79 Å². The molecule has 0 heterocycles. The summed E-state index contributed by atoms with van der Waals surface area (Å²) in [5, 5.41) is 0. The Bertz CT molecular complexity index is 603. The van der Waals surface area contributed by atoms with Gasteiger partial charge in [-0.1, -0.05) is 89.6 Å². The van der Waals surface area contributed by atoms with Gasteiger partial charge in [-0.2, -0.15) is 0 Å². The maximum absolute atomic E-state index is 11.3. The van der Waals surface area contributed by atoms with E-state index in [9.17, 15) is 9.59 Å². The molecule has 0 fully saturated rings. The fraction of sp³-hybridized carbons (Fsp3) is 0.520. The summed E-state index contributed by atoms with van der Waals surface area (Å²) in [5.74, 6) is -0.150. The molecule has 0 aliphatic heterocycles. The molecule has 0 N–H and O–H groups in total. The number of rotatable bonds is 11. The Morgan fingerprint density at radius 1 is 0.931 bits per heavy atom. The number of unbranched alkanes of at least 4 members (excludes halogenated alkanes) is 1. The van der Waals surface area contributed by atoms with E-state index in [1.807, 2.05) is 56.3 Å². The molecule has 162 valence electrons. The zero-order valence-corrected chi connectivity index (χ0v) is 18.7. The maximum Gasteiger partial charge on any atom is 0.330 e. The molecule has 0 saturated carbocycles. The summed E-state index contributed by atoms with van der Waals surface area (Å²) in [6, 6.07) is 10.1. The minimum absolute atomic E-state index is 0.0482. The van der Waals surface area contributed by atoms with Gasteiger partial charge in [0.2, 0.25) is 0 Å². The standard InChI is InChI=1S/C13H18O2.C12H20O2/c1-10(2)13(14)15-9-11(3)12-7-5-4-6-8-12;1-3-5-7-9-11-14-12(13)10-8-6-4-2/h4-8,10-11H,9H2,1-3H3;5,7-8,10H,3-4,6,9,11H2,1-2H3/t11-;/m1./s1. The molecule has 0 spiro atoms. The zero-order chi connectivity index (χ0) is 21.9. The molecule has 1 rings (SSSR count). The van der Waals surface area contributed by atoms with Crippen LogP contribution in [-0.2, 0) is 19.1 Å². The first kappa shape index (κ1) is 26.6. The normalized spacial score (nSPS) is 11.9. The largest absolute Gasteiger partial charge is 0.465 e. The van der Waals surface area contributed by atoms with Crippen molar-refractivity contribution >= 4 is 11.9 Å². The molecule has 0 saturated heterocycles. The molecular formula is C25H38O4. The highest BCUT2D eigenvalue weighted by atomic mass is 16.5. The lowest BCUT2D eigenvalue weighted by Crippen LogP contribution is -2.15. The second kappa shape index (κ2) is 17.7. The lowest BCUT2D eigenvalue weighted by atomic mass is 10.0. The number of esters is 2. The summed E-state index contributed by atoms with van der Waals surface area (Å²) in [7, 11) is 0. The van der Waals surface area contributed by atoms with Crippen molar-refractivity contribution in [3.8, 4) is 0 Å². The minimum atomic E-state index is -0.233. The predicted octanol–water partition coefficient (Wildman–Crippen LogP) is 6.23. The SMILES string of the molecule is CC(C)C(=O)OC[C@@H](C)c1ccccc1.CCC=CCCOC(=O)C=CCCC. The van der Waals surface area contributed by atoms with E-state index in [2.05, 4.69) is 26.8 Å². The molecule has 0 aliphatic carbocycles. The van der Waals surface area contributed by atoms with Gasteiger partial charge in [-0.25, -0.2) is 4.79 Å². The first-order valence-electron chi connectivity index (χ1n) is 10.6. The van der Waals surface area contributed by atoms with E-state index in [1.54, 1.807) is 0 Å². The Morgan fingerprint density at radius 2 is 1.62 bits per heavy atom. The predicted molar refractivity (Wildman–Crippen MR) is 120 cm³/mol. The number of hydrogen-bond donors (Lipinski definition) is 0. The van der Waals surface area contributed by atoms with Gasteiger partial charge in [0.1, 0.15) is 0 Å². The van der Waals surface area contributed by atoms with Crippen LogP contribution in [0, 0.1) is 5.92 Å².